The van der Waals surface area contributed by atoms with Crippen molar-refractivity contribution in [2.24, 2.45) is 11.7 Å². The highest BCUT2D eigenvalue weighted by Gasteiger charge is 2.69. The molecular formula is C33H37N3O8. The maximum absolute atomic E-state index is 12.8. The SMILES string of the molecule is Cc1ccc(C(=O)C(O)(C(=O)O)C(O)(C(=O)O)C(=O)c2ccc(C)cc2)cc1.N[C@@H]1C2CCN(CC2)[C@H]1Cc1cccnc1. The van der Waals surface area contributed by atoms with E-state index >= 15 is 0 Å². The lowest BCUT2D eigenvalue weighted by molar-refractivity contribution is -0.187. The first-order chi connectivity index (χ1) is 20.8. The van der Waals surface area contributed by atoms with Crippen LogP contribution in [0.5, 0.6) is 0 Å². The second kappa shape index (κ2) is 13.1. The molecule has 232 valence electrons. The maximum Gasteiger partial charge on any atom is 0.348 e. The molecule has 3 aliphatic heterocycles. The average Bonchev–Trinajstić information content (AvgIpc) is 3.03. The summed E-state index contributed by atoms with van der Waals surface area (Å²) in [7, 11) is 0. The summed E-state index contributed by atoms with van der Waals surface area (Å²) >= 11 is 0. The summed E-state index contributed by atoms with van der Waals surface area (Å²) in [4.78, 5) is 55.8. The van der Waals surface area contributed by atoms with Gasteiger partial charge in [-0.25, -0.2) is 9.59 Å². The smallest absolute Gasteiger partial charge is 0.348 e. The van der Waals surface area contributed by atoms with E-state index in [-0.39, 0.29) is 11.1 Å². The van der Waals surface area contributed by atoms with Crippen LogP contribution in [0, 0.1) is 19.8 Å². The maximum atomic E-state index is 12.8. The summed E-state index contributed by atoms with van der Waals surface area (Å²) < 4.78 is 0. The second-order valence-electron chi connectivity index (χ2n) is 11.5. The molecular weight excluding hydrogens is 566 g/mol. The van der Waals surface area contributed by atoms with Crippen LogP contribution in [0.2, 0.25) is 0 Å². The highest BCUT2D eigenvalue weighted by molar-refractivity contribution is 6.28. The number of pyridine rings is 1. The molecule has 4 atom stereocenters. The van der Waals surface area contributed by atoms with Gasteiger partial charge < -0.3 is 26.2 Å². The molecule has 0 saturated carbocycles. The molecule has 2 unspecified atom stereocenters. The molecule has 6 N–H and O–H groups in total. The number of piperidine rings is 3. The largest absolute Gasteiger partial charge is 0.479 e. The van der Waals surface area contributed by atoms with E-state index in [4.69, 9.17) is 5.73 Å². The molecule has 3 saturated heterocycles. The van der Waals surface area contributed by atoms with Crippen molar-refractivity contribution in [2.45, 2.75) is 56.4 Å². The monoisotopic (exact) mass is 603 g/mol. The Morgan fingerprint density at radius 3 is 1.64 bits per heavy atom. The lowest BCUT2D eigenvalue weighted by Gasteiger charge is -2.49. The molecule has 0 radical (unpaired) electrons. The minimum Gasteiger partial charge on any atom is -0.479 e. The van der Waals surface area contributed by atoms with Crippen molar-refractivity contribution in [3.63, 3.8) is 0 Å². The normalized spacial score (nSPS) is 23.3. The highest BCUT2D eigenvalue weighted by atomic mass is 16.5. The molecule has 3 aromatic rings. The van der Waals surface area contributed by atoms with Crippen LogP contribution in [-0.2, 0) is 16.0 Å². The first kappa shape index (κ1) is 32.6. The summed E-state index contributed by atoms with van der Waals surface area (Å²) in [6, 6.07) is 15.4. The molecule has 0 aliphatic carbocycles. The van der Waals surface area contributed by atoms with Gasteiger partial charge in [0.1, 0.15) is 0 Å². The van der Waals surface area contributed by atoms with Crippen molar-refractivity contribution in [3.05, 3.63) is 101 Å². The molecule has 0 amide bonds. The molecule has 3 fully saturated rings. The van der Waals surface area contributed by atoms with Crippen LogP contribution >= 0.6 is 0 Å². The second-order valence-corrected chi connectivity index (χ2v) is 11.5. The number of aryl methyl sites for hydroxylation is 2. The molecule has 6 rings (SSSR count). The zero-order chi connectivity index (χ0) is 32.2. The molecule has 44 heavy (non-hydrogen) atoms. The van der Waals surface area contributed by atoms with E-state index in [1.54, 1.807) is 13.8 Å². The number of rotatable bonds is 9. The number of aromatic nitrogens is 1. The van der Waals surface area contributed by atoms with E-state index in [1.165, 1.54) is 55.8 Å². The Balaban J connectivity index is 0.000000231. The van der Waals surface area contributed by atoms with Crippen LogP contribution in [0.1, 0.15) is 50.2 Å². The number of carboxylic acid groups (broad SMARTS) is 2. The zero-order valence-corrected chi connectivity index (χ0v) is 24.6. The van der Waals surface area contributed by atoms with Crippen molar-refractivity contribution in [3.8, 4) is 0 Å². The number of benzene rings is 2. The molecule has 2 bridgehead atoms. The molecule has 2 aromatic carbocycles. The molecule has 11 nitrogen and oxygen atoms in total. The Labute approximate surface area is 255 Å². The van der Waals surface area contributed by atoms with Gasteiger partial charge >= 0.3 is 11.9 Å². The first-order valence-corrected chi connectivity index (χ1v) is 14.3. The van der Waals surface area contributed by atoms with E-state index in [0.717, 1.165) is 36.6 Å². The number of fused-ring (bicyclic) bond motifs is 3. The van der Waals surface area contributed by atoms with Crippen LogP contribution in [0.15, 0.2) is 73.1 Å². The Kier molecular flexibility index (Phi) is 9.75. The Morgan fingerprint density at radius 1 is 0.818 bits per heavy atom. The number of ketones is 2. The lowest BCUT2D eigenvalue weighted by atomic mass is 9.73. The van der Waals surface area contributed by atoms with Gasteiger partial charge in [-0.1, -0.05) is 65.7 Å². The predicted octanol–water partition coefficient (Wildman–Crippen LogP) is 2.05. The number of carbonyl (C=O) groups is 4. The van der Waals surface area contributed by atoms with E-state index in [2.05, 4.69) is 16.0 Å². The summed E-state index contributed by atoms with van der Waals surface area (Å²) in [5, 5.41) is 40.3. The van der Waals surface area contributed by atoms with Gasteiger partial charge in [0.2, 0.25) is 11.6 Å². The topological polar surface area (TPSA) is 191 Å². The van der Waals surface area contributed by atoms with E-state index in [0.29, 0.717) is 23.2 Å². The molecule has 1 aromatic heterocycles. The van der Waals surface area contributed by atoms with Gasteiger partial charge in [0, 0.05) is 35.6 Å². The minimum absolute atomic E-state index is 0.364. The third-order valence-electron chi connectivity index (χ3n) is 8.63. The number of aliphatic hydroxyl groups is 2. The Hall–Kier alpha value is -4.29. The highest BCUT2D eigenvalue weighted by Crippen LogP contribution is 2.33. The van der Waals surface area contributed by atoms with Crippen LogP contribution < -0.4 is 5.73 Å². The minimum atomic E-state index is -3.96. The third-order valence-corrected chi connectivity index (χ3v) is 8.63. The average molecular weight is 604 g/mol. The van der Waals surface area contributed by atoms with Crippen molar-refractivity contribution in [2.75, 3.05) is 13.1 Å². The Morgan fingerprint density at radius 2 is 1.27 bits per heavy atom. The van der Waals surface area contributed by atoms with Crippen LogP contribution in [0.3, 0.4) is 0 Å². The number of aliphatic carboxylic acids is 2. The van der Waals surface area contributed by atoms with Gasteiger partial charge in [-0.15, -0.1) is 0 Å². The van der Waals surface area contributed by atoms with Gasteiger partial charge in [0.05, 0.1) is 0 Å². The molecule has 3 aliphatic rings. The molecule has 11 heteroatoms. The quantitative estimate of drug-likeness (QED) is 0.178. The number of Topliss-reactive ketones (excluding diaryl/α,β-unsaturated/α-hetero) is 2. The van der Waals surface area contributed by atoms with Crippen LogP contribution in [-0.4, -0.2) is 90.2 Å². The fourth-order valence-corrected chi connectivity index (χ4v) is 5.88. The summed E-state index contributed by atoms with van der Waals surface area (Å²) in [5.41, 5.74) is 0.392. The van der Waals surface area contributed by atoms with E-state index in [1.807, 2.05) is 18.5 Å². The lowest BCUT2D eigenvalue weighted by Crippen LogP contribution is -2.71. The fourth-order valence-electron chi connectivity index (χ4n) is 5.88. The first-order valence-electron chi connectivity index (χ1n) is 14.3. The summed E-state index contributed by atoms with van der Waals surface area (Å²) in [5.74, 6) is -7.26. The predicted molar refractivity (Wildman–Crippen MR) is 160 cm³/mol. The Bertz CT molecular complexity index is 1420. The number of hydrogen-bond acceptors (Lipinski definition) is 9. The number of nitrogens with two attached hydrogens (primary N) is 1. The van der Waals surface area contributed by atoms with Crippen LogP contribution in [0.25, 0.3) is 0 Å². The summed E-state index contributed by atoms with van der Waals surface area (Å²) in [6.07, 6.45) is 7.45. The van der Waals surface area contributed by atoms with Gasteiger partial charge in [-0.3, -0.25) is 19.5 Å². The summed E-state index contributed by atoms with van der Waals surface area (Å²) in [6.45, 7) is 5.85. The fraction of sp³-hybridized carbons (Fsp3) is 0.364. The molecule has 4 heterocycles. The van der Waals surface area contributed by atoms with Crippen LogP contribution in [0.4, 0.5) is 0 Å². The standard InChI is InChI=1S/C20H18O8.C13H19N3/c1-11-3-7-13(8-4-11)15(21)19(27,17(23)24)20(28,18(25)26)16(22)14-9-5-12(2)6-10-14;14-13-11-3-6-16(7-4-11)12(13)8-10-2-1-5-15-9-10/h3-10,27-28H,1-2H3,(H,23,24)(H,25,26);1-2,5,9,11-13H,3-4,6-8,14H2/t;12-,13+/m.0/s1. The van der Waals surface area contributed by atoms with Crippen molar-refractivity contribution in [1.29, 1.82) is 0 Å². The number of carboxylic acids is 2. The molecule has 0 spiro atoms. The van der Waals surface area contributed by atoms with E-state index in [9.17, 15) is 39.6 Å². The van der Waals surface area contributed by atoms with Gasteiger partial charge in [-0.2, -0.15) is 0 Å². The number of nitrogens with zero attached hydrogens (tertiary/aromatic N) is 2. The van der Waals surface area contributed by atoms with Gasteiger partial charge in [0.25, 0.3) is 11.2 Å². The number of hydrogen-bond donors (Lipinski definition) is 5. The van der Waals surface area contributed by atoms with Crippen molar-refractivity contribution in [1.82, 2.24) is 9.88 Å². The van der Waals surface area contributed by atoms with Gasteiger partial charge in [-0.05, 0) is 63.7 Å². The van der Waals surface area contributed by atoms with Gasteiger partial charge in [0.15, 0.2) is 0 Å². The van der Waals surface area contributed by atoms with E-state index < -0.39 is 34.7 Å². The van der Waals surface area contributed by atoms with Crippen molar-refractivity contribution >= 4 is 23.5 Å². The number of carbonyl (C=O) groups excluding carboxylic acids is 2. The zero-order valence-electron chi connectivity index (χ0n) is 24.6. The van der Waals surface area contributed by atoms with Crippen molar-refractivity contribution < 1.29 is 39.6 Å². The third kappa shape index (κ3) is 6.18.